The fourth-order valence-corrected chi connectivity index (χ4v) is 0.387. The van der Waals surface area contributed by atoms with Gasteiger partial charge < -0.3 is 9.47 Å². The van der Waals surface area contributed by atoms with E-state index in [0.717, 1.165) is 0 Å². The summed E-state index contributed by atoms with van der Waals surface area (Å²) in [6.45, 7) is 4.29. The zero-order chi connectivity index (χ0) is 8.04. The number of ether oxygens (including phenoxy) is 2. The van der Waals surface area contributed by atoms with Crippen molar-refractivity contribution >= 4 is 0 Å². The van der Waals surface area contributed by atoms with Crippen molar-refractivity contribution in [2.24, 2.45) is 0 Å². The fraction of sp³-hybridized carbons (Fsp3) is 0.714. The van der Waals surface area contributed by atoms with Crippen molar-refractivity contribution in [3.05, 3.63) is 0 Å². The van der Waals surface area contributed by atoms with E-state index < -0.39 is 6.27 Å². The maximum Gasteiger partial charge on any atom is 0.222 e. The smallest absolute Gasteiger partial charge is 0.222 e. The Hall–Kier alpha value is -0.520. The lowest BCUT2D eigenvalue weighted by atomic mass is 10.6. The fourth-order valence-electron chi connectivity index (χ4n) is 0.387. The lowest BCUT2D eigenvalue weighted by molar-refractivity contribution is -0.0969. The predicted molar refractivity (Wildman–Crippen MR) is 35.9 cm³/mol. The van der Waals surface area contributed by atoms with Gasteiger partial charge in [-0.25, -0.2) is 0 Å². The molecule has 0 aromatic carbocycles. The highest BCUT2D eigenvalue weighted by molar-refractivity contribution is 4.88. The molecule has 2 heteroatoms. The van der Waals surface area contributed by atoms with Crippen LogP contribution in [-0.2, 0) is 9.47 Å². The van der Waals surface area contributed by atoms with E-state index in [4.69, 9.17) is 17.3 Å². The molecule has 0 N–H and O–H groups in total. The maximum absolute atomic E-state index is 7.29. The Morgan fingerprint density at radius 1 is 1.56 bits per heavy atom. The molecular weight excluding hydrogens is 116 g/mol. The molecule has 9 heavy (non-hydrogen) atoms. The molecule has 0 aliphatic heterocycles. The average molecular weight is 129 g/mol. The molecule has 0 heterocycles. The lowest BCUT2D eigenvalue weighted by Crippen LogP contribution is -2.14. The number of hydrogen-bond donors (Lipinski definition) is 0. The van der Waals surface area contributed by atoms with Crippen LogP contribution in [0.25, 0.3) is 0 Å². The lowest BCUT2D eigenvalue weighted by Gasteiger charge is -2.08. The third-order valence-electron chi connectivity index (χ3n) is 0.669. The first-order chi connectivity index (χ1) is 4.68. The Balaban J connectivity index is 3.85. The minimum Gasteiger partial charge on any atom is -0.342 e. The minimum atomic E-state index is -1.58. The summed E-state index contributed by atoms with van der Waals surface area (Å²) in [5, 5.41) is 0. The van der Waals surface area contributed by atoms with E-state index in [9.17, 15) is 0 Å². The van der Waals surface area contributed by atoms with Gasteiger partial charge in [-0.2, -0.15) is 0 Å². The summed E-state index contributed by atoms with van der Waals surface area (Å²) in [5.41, 5.74) is 0. The zero-order valence-electron chi connectivity index (χ0n) is 6.81. The Bertz CT molecular complexity index is 122. The second kappa shape index (κ2) is 5.61. The van der Waals surface area contributed by atoms with Crippen molar-refractivity contribution in [1.82, 2.24) is 0 Å². The van der Waals surface area contributed by atoms with Gasteiger partial charge in [0.05, 0.1) is 0 Å². The van der Waals surface area contributed by atoms with E-state index in [1.165, 1.54) is 0 Å². The maximum atomic E-state index is 7.29. The summed E-state index contributed by atoms with van der Waals surface area (Å²) in [5.74, 6) is 2.10. The molecular formula is C7H12O2. The normalized spacial score (nSPS) is 12.3. The molecule has 0 aromatic rings. The summed E-state index contributed by atoms with van der Waals surface area (Å²) >= 11 is 0. The molecule has 0 spiro atoms. The molecule has 0 fully saturated rings. The highest BCUT2D eigenvalue weighted by atomic mass is 16.7. The Labute approximate surface area is 57.6 Å². The second-order valence-electron chi connectivity index (χ2n) is 1.30. The summed E-state index contributed by atoms with van der Waals surface area (Å²) in [7, 11) is 0. The summed E-state index contributed by atoms with van der Waals surface area (Å²) in [6, 6.07) is 0. The van der Waals surface area contributed by atoms with E-state index in [1.54, 1.807) is 13.8 Å². The Morgan fingerprint density at radius 3 is 2.22 bits per heavy atom. The molecule has 0 aliphatic carbocycles. The van der Waals surface area contributed by atoms with E-state index in [1.807, 2.05) is 0 Å². The molecule has 0 rings (SSSR count). The first kappa shape index (κ1) is 6.60. The quantitative estimate of drug-likeness (QED) is 0.417. The molecule has 0 saturated heterocycles. The van der Waals surface area contributed by atoms with Gasteiger partial charge in [-0.3, -0.25) is 0 Å². The molecule has 0 saturated carbocycles. The number of rotatable bonds is 4. The van der Waals surface area contributed by atoms with Gasteiger partial charge >= 0.3 is 0 Å². The minimum absolute atomic E-state index is 0.383. The van der Waals surface area contributed by atoms with Crippen LogP contribution in [0.15, 0.2) is 0 Å². The second-order valence-corrected chi connectivity index (χ2v) is 1.30. The van der Waals surface area contributed by atoms with Gasteiger partial charge in [0.15, 0.2) is 0 Å². The molecule has 0 radical (unpaired) electrons. The van der Waals surface area contributed by atoms with E-state index >= 15 is 0 Å². The summed E-state index contributed by atoms with van der Waals surface area (Å²) < 4.78 is 16.9. The highest BCUT2D eigenvalue weighted by Crippen LogP contribution is 1.90. The van der Waals surface area contributed by atoms with Crippen LogP contribution < -0.4 is 0 Å². The molecule has 0 aliphatic rings. The van der Waals surface area contributed by atoms with E-state index in [0.29, 0.717) is 13.2 Å². The van der Waals surface area contributed by atoms with Crippen molar-refractivity contribution in [2.45, 2.75) is 20.1 Å². The summed E-state index contributed by atoms with van der Waals surface area (Å²) in [4.78, 5) is 0. The van der Waals surface area contributed by atoms with Gasteiger partial charge in [-0.1, -0.05) is 0 Å². The van der Waals surface area contributed by atoms with Crippen molar-refractivity contribution in [3.8, 4) is 12.3 Å². The largest absolute Gasteiger partial charge is 0.342 e. The molecule has 0 unspecified atom stereocenters. The topological polar surface area (TPSA) is 18.5 Å². The van der Waals surface area contributed by atoms with Crippen LogP contribution in [-0.4, -0.2) is 19.5 Å². The predicted octanol–water partition coefficient (Wildman–Crippen LogP) is 1.02. The van der Waals surface area contributed by atoms with Gasteiger partial charge in [-0.15, -0.1) is 6.42 Å². The molecule has 52 valence electrons. The highest BCUT2D eigenvalue weighted by Gasteiger charge is 1.99. The van der Waals surface area contributed by atoms with Gasteiger partial charge in [0.1, 0.15) is 1.37 Å². The van der Waals surface area contributed by atoms with Crippen molar-refractivity contribution in [1.29, 1.82) is 0 Å². The Morgan fingerprint density at radius 2 is 2.00 bits per heavy atom. The molecule has 0 bridgehead atoms. The third kappa shape index (κ3) is 4.01. The van der Waals surface area contributed by atoms with Crippen LogP contribution >= 0.6 is 0 Å². The van der Waals surface area contributed by atoms with Gasteiger partial charge in [-0.05, 0) is 19.8 Å². The SMILES string of the molecule is [2H]C(C#C)(OCC)OCC. The van der Waals surface area contributed by atoms with Crippen molar-refractivity contribution in [3.63, 3.8) is 0 Å². The van der Waals surface area contributed by atoms with Crippen molar-refractivity contribution in [2.75, 3.05) is 13.2 Å². The first-order valence-corrected chi connectivity index (χ1v) is 2.94. The van der Waals surface area contributed by atoms with Gasteiger partial charge in [0.2, 0.25) is 6.27 Å². The number of terminal acetylenes is 1. The Kier molecular flexibility index (Phi) is 4.12. The first-order valence-electron chi connectivity index (χ1n) is 3.44. The van der Waals surface area contributed by atoms with Crippen molar-refractivity contribution < 1.29 is 10.8 Å². The molecule has 0 atom stereocenters. The van der Waals surface area contributed by atoms with Gasteiger partial charge in [0.25, 0.3) is 0 Å². The van der Waals surface area contributed by atoms with Crippen LogP contribution in [0.5, 0.6) is 0 Å². The average Bonchev–Trinajstić information content (AvgIpc) is 1.89. The van der Waals surface area contributed by atoms with Crippen LogP contribution in [0.4, 0.5) is 0 Å². The third-order valence-corrected chi connectivity index (χ3v) is 0.669. The van der Waals surface area contributed by atoms with E-state index in [2.05, 4.69) is 5.92 Å². The summed E-state index contributed by atoms with van der Waals surface area (Å²) in [6.07, 6.45) is 3.41. The molecule has 2 nitrogen and oxygen atoms in total. The van der Waals surface area contributed by atoms with Gasteiger partial charge in [0, 0.05) is 13.2 Å². The zero-order valence-corrected chi connectivity index (χ0v) is 5.81. The van der Waals surface area contributed by atoms with E-state index in [-0.39, 0.29) is 0 Å². The standard InChI is InChI=1S/C7H12O2/c1-4-7(8-5-2)9-6-3/h1,7H,5-6H2,2-3H3/i7D. The van der Waals surface area contributed by atoms with Crippen LogP contribution in [0, 0.1) is 12.3 Å². The number of hydrogen-bond acceptors (Lipinski definition) is 2. The molecule has 0 aromatic heterocycles. The van der Waals surface area contributed by atoms with Crippen LogP contribution in [0.1, 0.15) is 15.2 Å². The van der Waals surface area contributed by atoms with Crippen LogP contribution in [0.3, 0.4) is 0 Å². The molecule has 0 amide bonds. The van der Waals surface area contributed by atoms with Crippen LogP contribution in [0.2, 0.25) is 0 Å². The monoisotopic (exact) mass is 129 g/mol.